The minimum atomic E-state index is -0.169. The van der Waals surface area contributed by atoms with Crippen molar-refractivity contribution in [2.75, 3.05) is 12.0 Å². The number of hydrogen-bond donors (Lipinski definition) is 0. The summed E-state index contributed by atoms with van der Waals surface area (Å²) in [5.41, 5.74) is -0.169. The van der Waals surface area contributed by atoms with Crippen LogP contribution in [0.4, 0.5) is 0 Å². The molecule has 0 aromatic heterocycles. The van der Waals surface area contributed by atoms with Crippen LogP contribution in [0.3, 0.4) is 0 Å². The molecule has 1 atom stereocenters. The molecule has 52 valence electrons. The Kier molecular flexibility index (Phi) is 1.47. The van der Waals surface area contributed by atoms with E-state index in [1.807, 2.05) is 20.1 Å². The van der Waals surface area contributed by atoms with Gasteiger partial charge in [0, 0.05) is 5.75 Å². The number of hydrogen-bond acceptors (Lipinski definition) is 1. The van der Waals surface area contributed by atoms with E-state index < -0.39 is 0 Å². The van der Waals surface area contributed by atoms with Crippen LogP contribution in [0.1, 0.15) is 13.8 Å². The molecule has 0 saturated heterocycles. The summed E-state index contributed by atoms with van der Waals surface area (Å²) in [4.78, 5) is 10.9. The molecule has 0 N–H and O–H groups in total. The highest BCUT2D eigenvalue weighted by atomic mass is 32.2. The summed E-state index contributed by atoms with van der Waals surface area (Å²) < 4.78 is 3.93. The van der Waals surface area contributed by atoms with Crippen LogP contribution < -0.4 is 0 Å². The molecular weight excluding hydrogens is 134 g/mol. The van der Waals surface area contributed by atoms with Gasteiger partial charge >= 0.3 is 0 Å². The van der Waals surface area contributed by atoms with Gasteiger partial charge < -0.3 is 0 Å². The van der Waals surface area contributed by atoms with Gasteiger partial charge in [-0.3, -0.25) is 4.79 Å². The summed E-state index contributed by atoms with van der Waals surface area (Å²) in [6, 6.07) is 0. The monoisotopic (exact) mass is 145 g/mol. The minimum Gasteiger partial charge on any atom is -0.271 e. The van der Waals surface area contributed by atoms with Crippen molar-refractivity contribution < 1.29 is 4.79 Å². The molecule has 1 rings (SSSR count). The van der Waals surface area contributed by atoms with Crippen LogP contribution in [0.2, 0.25) is 0 Å². The summed E-state index contributed by atoms with van der Waals surface area (Å²) in [5.74, 6) is 1.01. The average molecular weight is 145 g/mol. The van der Waals surface area contributed by atoms with E-state index in [9.17, 15) is 4.79 Å². The van der Waals surface area contributed by atoms with Gasteiger partial charge in [-0.1, -0.05) is 24.5 Å². The Morgan fingerprint density at radius 3 is 2.33 bits per heavy atom. The van der Waals surface area contributed by atoms with E-state index in [4.69, 9.17) is 0 Å². The topological polar surface area (TPSA) is 29.4 Å². The normalized spacial score (nSPS) is 32.3. The number of carbonyl (C=O) groups is 1. The van der Waals surface area contributed by atoms with E-state index in [2.05, 4.69) is 4.36 Å². The van der Waals surface area contributed by atoms with Crippen molar-refractivity contribution in [2.24, 2.45) is 9.78 Å². The first-order valence-electron chi connectivity index (χ1n) is 2.91. The molecule has 0 aliphatic carbocycles. The van der Waals surface area contributed by atoms with Gasteiger partial charge in [-0.15, -0.1) is 0 Å². The van der Waals surface area contributed by atoms with Crippen molar-refractivity contribution in [3.8, 4) is 0 Å². The molecule has 0 aromatic carbocycles. The van der Waals surface area contributed by atoms with E-state index in [1.165, 1.54) is 0 Å². The molecule has 9 heavy (non-hydrogen) atoms. The lowest BCUT2D eigenvalue weighted by atomic mass is 9.96. The van der Waals surface area contributed by atoms with Gasteiger partial charge in [0.2, 0.25) is 0 Å². The zero-order valence-electron chi connectivity index (χ0n) is 5.97. The summed E-state index contributed by atoms with van der Waals surface area (Å²) in [6.07, 6.45) is 2.01. The fourth-order valence-electron chi connectivity index (χ4n) is 0.881. The quantitative estimate of drug-likeness (QED) is 0.499. The molecule has 0 saturated carbocycles. The first kappa shape index (κ1) is 6.93. The van der Waals surface area contributed by atoms with E-state index in [0.717, 1.165) is 5.75 Å². The van der Waals surface area contributed by atoms with Crippen molar-refractivity contribution >= 4 is 16.6 Å². The third-order valence-electron chi connectivity index (χ3n) is 1.39. The molecule has 0 aromatic rings. The van der Waals surface area contributed by atoms with E-state index in [1.54, 1.807) is 0 Å². The van der Waals surface area contributed by atoms with Crippen LogP contribution in [0.15, 0.2) is 4.36 Å². The van der Waals surface area contributed by atoms with Gasteiger partial charge in [-0.2, -0.15) is 4.36 Å². The summed E-state index contributed by atoms with van der Waals surface area (Å²) in [5, 5.41) is 0. The molecule has 0 fully saturated rings. The Morgan fingerprint density at radius 2 is 2.22 bits per heavy atom. The second-order valence-electron chi connectivity index (χ2n) is 3.03. The van der Waals surface area contributed by atoms with Crippen molar-refractivity contribution in [3.05, 3.63) is 0 Å². The maximum Gasteiger partial charge on any atom is 0.258 e. The van der Waals surface area contributed by atoms with Crippen LogP contribution >= 0.6 is 0 Å². The summed E-state index contributed by atoms with van der Waals surface area (Å²) in [6.45, 7) is 3.91. The first-order valence-corrected chi connectivity index (χ1v) is 4.67. The van der Waals surface area contributed by atoms with Crippen molar-refractivity contribution in [1.82, 2.24) is 0 Å². The van der Waals surface area contributed by atoms with Crippen LogP contribution in [0.5, 0.6) is 0 Å². The first-order chi connectivity index (χ1) is 4.02. The third-order valence-corrected chi connectivity index (χ3v) is 3.00. The van der Waals surface area contributed by atoms with Gasteiger partial charge in [0.1, 0.15) is 0 Å². The van der Waals surface area contributed by atoms with E-state index in [0.29, 0.717) is 0 Å². The van der Waals surface area contributed by atoms with Crippen molar-refractivity contribution in [2.45, 2.75) is 13.8 Å². The van der Waals surface area contributed by atoms with E-state index in [-0.39, 0.29) is 22.0 Å². The van der Waals surface area contributed by atoms with Crippen LogP contribution in [0, 0.1) is 5.41 Å². The summed E-state index contributed by atoms with van der Waals surface area (Å²) >= 11 is 0. The molecular formula is C6H11NOS. The fourth-order valence-corrected chi connectivity index (χ4v) is 2.64. The van der Waals surface area contributed by atoms with Gasteiger partial charge in [-0.25, -0.2) is 0 Å². The van der Waals surface area contributed by atoms with Gasteiger partial charge in [0.15, 0.2) is 0 Å². The molecule has 1 heterocycles. The zero-order chi connectivity index (χ0) is 7.07. The SMILES string of the molecule is CS1=NC(=O)C(C)(C)C1. The number of amides is 1. The highest BCUT2D eigenvalue weighted by Gasteiger charge is 2.32. The van der Waals surface area contributed by atoms with Gasteiger partial charge in [0.05, 0.1) is 5.41 Å². The zero-order valence-corrected chi connectivity index (χ0v) is 6.79. The Balaban J connectivity index is 2.84. The van der Waals surface area contributed by atoms with Crippen LogP contribution in [-0.2, 0) is 15.5 Å². The van der Waals surface area contributed by atoms with Crippen molar-refractivity contribution in [1.29, 1.82) is 0 Å². The van der Waals surface area contributed by atoms with Crippen LogP contribution in [0.25, 0.3) is 0 Å². The lowest BCUT2D eigenvalue weighted by Crippen LogP contribution is -2.21. The minimum absolute atomic E-state index is 0.00309. The third kappa shape index (κ3) is 1.21. The highest BCUT2D eigenvalue weighted by molar-refractivity contribution is 7.87. The fraction of sp³-hybridized carbons (Fsp3) is 0.833. The molecule has 1 aliphatic heterocycles. The average Bonchev–Trinajstić information content (AvgIpc) is 1.79. The Morgan fingerprint density at radius 1 is 1.67 bits per heavy atom. The second kappa shape index (κ2) is 1.90. The number of rotatable bonds is 0. The smallest absolute Gasteiger partial charge is 0.258 e. The molecule has 1 unspecified atom stereocenters. The predicted molar refractivity (Wildman–Crippen MR) is 39.4 cm³/mol. The lowest BCUT2D eigenvalue weighted by molar-refractivity contribution is -0.123. The maximum atomic E-state index is 10.9. The molecule has 3 heteroatoms. The van der Waals surface area contributed by atoms with Gasteiger partial charge in [0.25, 0.3) is 5.91 Å². The predicted octanol–water partition coefficient (Wildman–Crippen LogP) is 0.985. The Bertz CT molecular complexity index is 183. The molecule has 1 amide bonds. The molecule has 0 radical (unpaired) electrons. The standard InChI is InChI=1S/C6H11NOS/c1-6(2)4-9(3)7-5(6)8/h4H2,1-3H3. The summed E-state index contributed by atoms with van der Waals surface area (Å²) in [7, 11) is 0.00309. The molecule has 1 aliphatic rings. The second-order valence-corrected chi connectivity index (χ2v) is 4.70. The lowest BCUT2D eigenvalue weighted by Gasteiger charge is -2.10. The maximum absolute atomic E-state index is 10.9. The number of nitrogens with zero attached hydrogens (tertiary/aromatic N) is 1. The van der Waals surface area contributed by atoms with E-state index >= 15 is 0 Å². The largest absolute Gasteiger partial charge is 0.271 e. The van der Waals surface area contributed by atoms with Crippen molar-refractivity contribution in [3.63, 3.8) is 0 Å². The Hall–Kier alpha value is -0.180. The Labute approximate surface area is 57.7 Å². The molecule has 0 spiro atoms. The molecule has 0 bridgehead atoms. The molecule has 2 nitrogen and oxygen atoms in total. The number of carbonyl (C=O) groups excluding carboxylic acids is 1. The highest BCUT2D eigenvalue weighted by Crippen LogP contribution is 2.24. The van der Waals surface area contributed by atoms with Crippen LogP contribution in [-0.4, -0.2) is 17.9 Å². The van der Waals surface area contributed by atoms with Gasteiger partial charge in [-0.05, 0) is 6.26 Å².